The lowest BCUT2D eigenvalue weighted by Gasteiger charge is -1.98. The Morgan fingerprint density at radius 2 is 2.07 bits per heavy atom. The highest BCUT2D eigenvalue weighted by molar-refractivity contribution is 6.07. The van der Waals surface area contributed by atoms with Crippen LogP contribution in [-0.4, -0.2) is 25.6 Å². The first kappa shape index (κ1) is 7.19. The van der Waals surface area contributed by atoms with Crippen molar-refractivity contribution in [2.75, 3.05) is 5.73 Å². The van der Waals surface area contributed by atoms with Crippen LogP contribution < -0.4 is 5.73 Å². The summed E-state index contributed by atoms with van der Waals surface area (Å²) in [5, 5.41) is 19.8. The van der Waals surface area contributed by atoms with E-state index in [0.717, 1.165) is 16.3 Å². The summed E-state index contributed by atoms with van der Waals surface area (Å²) < 4.78 is 0. The second kappa shape index (κ2) is 2.38. The summed E-state index contributed by atoms with van der Waals surface area (Å²) in [6.45, 7) is 0. The van der Waals surface area contributed by atoms with E-state index in [1.165, 1.54) is 0 Å². The van der Waals surface area contributed by atoms with Gasteiger partial charge in [-0.1, -0.05) is 5.21 Å². The average Bonchev–Trinajstić information content (AvgIpc) is 2.67. The van der Waals surface area contributed by atoms with Gasteiger partial charge in [0.1, 0.15) is 5.52 Å². The number of nitrogen functional groups attached to an aromatic ring is 1. The van der Waals surface area contributed by atoms with Gasteiger partial charge in [0.15, 0.2) is 0 Å². The van der Waals surface area contributed by atoms with Gasteiger partial charge >= 0.3 is 0 Å². The van der Waals surface area contributed by atoms with Crippen molar-refractivity contribution < 1.29 is 0 Å². The summed E-state index contributed by atoms with van der Waals surface area (Å²) in [5.74, 6) is 0. The minimum absolute atomic E-state index is 0.592. The van der Waals surface area contributed by atoms with E-state index in [1.807, 2.05) is 6.07 Å². The molecule has 0 saturated heterocycles. The Morgan fingerprint density at radius 3 is 3.00 bits per heavy atom. The van der Waals surface area contributed by atoms with Crippen molar-refractivity contribution in [1.29, 1.82) is 0 Å². The lowest BCUT2D eigenvalue weighted by atomic mass is 10.1. The van der Waals surface area contributed by atoms with Crippen molar-refractivity contribution in [2.45, 2.75) is 0 Å². The van der Waals surface area contributed by atoms with Gasteiger partial charge in [-0.3, -0.25) is 5.10 Å². The first-order valence-corrected chi connectivity index (χ1v) is 4.06. The third kappa shape index (κ3) is 0.792. The molecule has 0 amide bonds. The smallest absolute Gasteiger partial charge is 0.136 e. The van der Waals surface area contributed by atoms with Crippen molar-refractivity contribution >= 4 is 27.5 Å². The fraction of sp³-hybridized carbons (Fsp3) is 0. The fourth-order valence-corrected chi connectivity index (χ4v) is 1.51. The minimum Gasteiger partial charge on any atom is -0.397 e. The lowest BCUT2D eigenvalue weighted by Crippen LogP contribution is -1.89. The highest BCUT2D eigenvalue weighted by atomic mass is 15.3. The number of aromatic amines is 1. The number of aromatic nitrogens is 5. The molecule has 1 aromatic carbocycles. The molecule has 0 fully saturated rings. The summed E-state index contributed by atoms with van der Waals surface area (Å²) in [7, 11) is 0. The molecule has 0 bridgehead atoms. The Morgan fingerprint density at radius 1 is 1.21 bits per heavy atom. The van der Waals surface area contributed by atoms with Gasteiger partial charge in [0, 0.05) is 10.8 Å². The molecular formula is C8H6N6. The van der Waals surface area contributed by atoms with Crippen LogP contribution in [0.3, 0.4) is 0 Å². The maximum absolute atomic E-state index is 5.80. The number of nitrogens with two attached hydrogens (primary N) is 1. The maximum atomic E-state index is 5.80. The monoisotopic (exact) mass is 186 g/mol. The molecule has 3 aromatic rings. The van der Waals surface area contributed by atoms with Crippen LogP contribution in [0.5, 0.6) is 0 Å². The van der Waals surface area contributed by atoms with Crippen molar-refractivity contribution in [3.8, 4) is 0 Å². The van der Waals surface area contributed by atoms with Gasteiger partial charge in [0.25, 0.3) is 0 Å². The number of nitrogens with zero attached hydrogens (tertiary/aromatic N) is 4. The number of rotatable bonds is 0. The molecule has 0 aliphatic heterocycles. The van der Waals surface area contributed by atoms with Crippen LogP contribution in [0, 0.1) is 0 Å². The maximum Gasteiger partial charge on any atom is 0.136 e. The number of H-pyrrole nitrogens is 1. The van der Waals surface area contributed by atoms with Gasteiger partial charge < -0.3 is 5.73 Å². The quantitative estimate of drug-likeness (QED) is 0.498. The molecule has 6 heteroatoms. The van der Waals surface area contributed by atoms with Gasteiger partial charge in [-0.05, 0) is 6.07 Å². The predicted octanol–water partition coefficient (Wildman–Crippen LogP) is 0.483. The normalized spacial score (nSPS) is 11.1. The first-order valence-electron chi connectivity index (χ1n) is 4.06. The van der Waals surface area contributed by atoms with Crippen LogP contribution in [-0.2, 0) is 0 Å². The van der Waals surface area contributed by atoms with E-state index >= 15 is 0 Å². The summed E-state index contributed by atoms with van der Waals surface area (Å²) in [6, 6.07) is 1.81. The van der Waals surface area contributed by atoms with Crippen molar-refractivity contribution in [3.05, 3.63) is 18.5 Å². The third-order valence-electron chi connectivity index (χ3n) is 2.16. The zero-order chi connectivity index (χ0) is 9.54. The summed E-state index contributed by atoms with van der Waals surface area (Å²) in [4.78, 5) is 0. The Kier molecular flexibility index (Phi) is 1.22. The van der Waals surface area contributed by atoms with E-state index in [9.17, 15) is 0 Å². The average molecular weight is 186 g/mol. The largest absolute Gasteiger partial charge is 0.397 e. The number of nitrogens with one attached hydrogen (secondary N) is 1. The van der Waals surface area contributed by atoms with Gasteiger partial charge in [-0.15, -0.1) is 5.10 Å². The van der Waals surface area contributed by atoms with E-state index in [2.05, 4.69) is 25.6 Å². The van der Waals surface area contributed by atoms with Crippen LogP contribution in [0.1, 0.15) is 0 Å². The fourth-order valence-electron chi connectivity index (χ4n) is 1.51. The molecule has 3 rings (SSSR count). The summed E-state index contributed by atoms with van der Waals surface area (Å²) >= 11 is 0. The molecule has 0 aliphatic carbocycles. The van der Waals surface area contributed by atoms with E-state index in [1.54, 1.807) is 12.4 Å². The molecule has 2 heterocycles. The highest BCUT2D eigenvalue weighted by Gasteiger charge is 2.07. The molecule has 68 valence electrons. The van der Waals surface area contributed by atoms with Gasteiger partial charge in [-0.2, -0.15) is 10.2 Å². The van der Waals surface area contributed by atoms with Crippen molar-refractivity contribution in [2.24, 2.45) is 0 Å². The molecular weight excluding hydrogens is 180 g/mol. The Bertz CT molecular complexity index is 613. The molecule has 0 saturated carbocycles. The molecule has 3 N–H and O–H groups in total. The molecule has 0 spiro atoms. The third-order valence-corrected chi connectivity index (χ3v) is 2.16. The number of benzene rings is 1. The van der Waals surface area contributed by atoms with Crippen LogP contribution in [0.4, 0.5) is 5.69 Å². The standard InChI is InChI=1S/C8H6N6/c9-6-1-4-2-10-11-3-5(4)7-8(6)13-14-12-7/h1-3H,9H2,(H,12,13,14). The second-order valence-electron chi connectivity index (χ2n) is 2.99. The van der Waals surface area contributed by atoms with E-state index in [0.29, 0.717) is 11.2 Å². The van der Waals surface area contributed by atoms with E-state index in [-0.39, 0.29) is 0 Å². The zero-order valence-corrected chi connectivity index (χ0v) is 7.10. The number of fused-ring (bicyclic) bond motifs is 3. The van der Waals surface area contributed by atoms with Crippen LogP contribution >= 0.6 is 0 Å². The Balaban J connectivity index is 2.66. The van der Waals surface area contributed by atoms with Crippen LogP contribution in [0.25, 0.3) is 21.8 Å². The molecule has 14 heavy (non-hydrogen) atoms. The van der Waals surface area contributed by atoms with E-state index < -0.39 is 0 Å². The minimum atomic E-state index is 0.592. The van der Waals surface area contributed by atoms with Gasteiger partial charge in [0.05, 0.1) is 23.6 Å². The first-order chi connectivity index (χ1) is 6.86. The molecule has 6 nitrogen and oxygen atoms in total. The van der Waals surface area contributed by atoms with E-state index in [4.69, 9.17) is 5.73 Å². The zero-order valence-electron chi connectivity index (χ0n) is 7.10. The summed E-state index contributed by atoms with van der Waals surface area (Å²) in [5.41, 5.74) is 7.86. The molecule has 0 unspecified atom stereocenters. The van der Waals surface area contributed by atoms with Crippen LogP contribution in [0.15, 0.2) is 18.5 Å². The molecule has 0 atom stereocenters. The topological polar surface area (TPSA) is 93.4 Å². The molecule has 2 aromatic heterocycles. The van der Waals surface area contributed by atoms with Gasteiger partial charge in [0.2, 0.25) is 0 Å². The number of hydrogen-bond acceptors (Lipinski definition) is 5. The van der Waals surface area contributed by atoms with Crippen molar-refractivity contribution in [3.63, 3.8) is 0 Å². The summed E-state index contributed by atoms with van der Waals surface area (Å²) in [6.07, 6.45) is 3.32. The lowest BCUT2D eigenvalue weighted by molar-refractivity contribution is 0.960. The highest BCUT2D eigenvalue weighted by Crippen LogP contribution is 2.25. The molecule has 0 aliphatic rings. The van der Waals surface area contributed by atoms with Gasteiger partial charge in [-0.25, -0.2) is 0 Å². The number of anilines is 1. The second-order valence-corrected chi connectivity index (χ2v) is 2.99. The van der Waals surface area contributed by atoms with Crippen molar-refractivity contribution in [1.82, 2.24) is 25.6 Å². The van der Waals surface area contributed by atoms with Crippen LogP contribution in [0.2, 0.25) is 0 Å². The SMILES string of the molecule is Nc1cc2cnncc2c2[nH]nnc12. The predicted molar refractivity (Wildman–Crippen MR) is 51.4 cm³/mol. The number of hydrogen-bond donors (Lipinski definition) is 2. The Hall–Kier alpha value is -2.24. The Labute approximate surface area is 78.1 Å². The molecule has 0 radical (unpaired) electrons.